The minimum absolute atomic E-state index is 0.337. The lowest BCUT2D eigenvalue weighted by Gasteiger charge is -2.02. The van der Waals surface area contributed by atoms with Crippen molar-refractivity contribution >= 4 is 5.97 Å². The maximum Gasteiger partial charge on any atom is 0.303 e. The zero-order valence-electron chi connectivity index (χ0n) is 12.8. The van der Waals surface area contributed by atoms with E-state index in [4.69, 9.17) is 5.11 Å². The van der Waals surface area contributed by atoms with Crippen molar-refractivity contribution in [2.75, 3.05) is 0 Å². The first kappa shape index (κ1) is 18.5. The minimum atomic E-state index is -0.660. The molecule has 2 heteroatoms. The topological polar surface area (TPSA) is 37.3 Å². The summed E-state index contributed by atoms with van der Waals surface area (Å²) in [5, 5.41) is 8.50. The Labute approximate surface area is 120 Å². The quantitative estimate of drug-likeness (QED) is 0.384. The van der Waals surface area contributed by atoms with Gasteiger partial charge in [0, 0.05) is 6.42 Å². The number of rotatable bonds is 15. The van der Waals surface area contributed by atoms with Crippen molar-refractivity contribution in [2.45, 2.75) is 96.8 Å². The van der Waals surface area contributed by atoms with Crippen LogP contribution in [0, 0.1) is 6.42 Å². The van der Waals surface area contributed by atoms with E-state index < -0.39 is 5.97 Å². The second-order valence-corrected chi connectivity index (χ2v) is 5.55. The molecule has 0 bridgehead atoms. The van der Waals surface area contributed by atoms with E-state index in [0.717, 1.165) is 12.8 Å². The molecule has 0 atom stereocenters. The normalized spacial score (nSPS) is 10.8. The Morgan fingerprint density at radius 3 is 1.79 bits per heavy atom. The van der Waals surface area contributed by atoms with E-state index in [2.05, 4.69) is 13.3 Å². The number of carbonyl (C=O) groups is 1. The molecular weight excluding hydrogens is 236 g/mol. The number of aliphatic carboxylic acids is 1. The van der Waals surface area contributed by atoms with Crippen molar-refractivity contribution in [2.24, 2.45) is 0 Å². The summed E-state index contributed by atoms with van der Waals surface area (Å²) in [5.74, 6) is -0.660. The van der Waals surface area contributed by atoms with Crippen molar-refractivity contribution in [1.82, 2.24) is 0 Å². The second kappa shape index (κ2) is 15.5. The lowest BCUT2D eigenvalue weighted by atomic mass is 10.0. The van der Waals surface area contributed by atoms with Crippen molar-refractivity contribution < 1.29 is 9.90 Å². The lowest BCUT2D eigenvalue weighted by Crippen LogP contribution is -1.93. The number of carboxylic acid groups (broad SMARTS) is 1. The molecule has 0 saturated heterocycles. The van der Waals surface area contributed by atoms with Gasteiger partial charge in [0.15, 0.2) is 0 Å². The molecule has 0 spiro atoms. The molecule has 0 saturated carbocycles. The number of hydrogen-bond donors (Lipinski definition) is 1. The van der Waals surface area contributed by atoms with Crippen LogP contribution in [0.3, 0.4) is 0 Å². The fourth-order valence-electron chi connectivity index (χ4n) is 2.31. The highest BCUT2D eigenvalue weighted by Crippen LogP contribution is 2.12. The Hall–Kier alpha value is -0.530. The van der Waals surface area contributed by atoms with Gasteiger partial charge in [-0.25, -0.2) is 0 Å². The average molecular weight is 269 g/mol. The fourth-order valence-corrected chi connectivity index (χ4v) is 2.31. The standard InChI is InChI=1S/C17H33O2/c1-2-3-4-5-6-7-8-9-10-11-12-13-14-15-16-17(18)19/h9H,2-8,10-16H2,1H3,(H,18,19). The molecule has 0 aromatic carbocycles. The monoisotopic (exact) mass is 269 g/mol. The highest BCUT2D eigenvalue weighted by Gasteiger charge is 1.97. The van der Waals surface area contributed by atoms with Gasteiger partial charge < -0.3 is 5.11 Å². The van der Waals surface area contributed by atoms with Crippen LogP contribution in [0.15, 0.2) is 0 Å². The molecule has 0 aromatic rings. The third-order valence-corrected chi connectivity index (χ3v) is 3.56. The van der Waals surface area contributed by atoms with E-state index in [9.17, 15) is 4.79 Å². The van der Waals surface area contributed by atoms with Crippen LogP contribution in [0.4, 0.5) is 0 Å². The fraction of sp³-hybridized carbons (Fsp3) is 0.882. The number of unbranched alkanes of at least 4 members (excludes halogenated alkanes) is 13. The molecule has 0 aromatic heterocycles. The van der Waals surface area contributed by atoms with E-state index in [1.54, 1.807) is 0 Å². The SMILES string of the molecule is CCCCCCCC[CH]CCCCCCCC(=O)O. The van der Waals surface area contributed by atoms with E-state index >= 15 is 0 Å². The Morgan fingerprint density at radius 1 is 0.789 bits per heavy atom. The van der Waals surface area contributed by atoms with Crippen molar-refractivity contribution in [3.8, 4) is 0 Å². The molecule has 0 rings (SSSR count). The van der Waals surface area contributed by atoms with Crippen LogP contribution in [0.1, 0.15) is 96.8 Å². The minimum Gasteiger partial charge on any atom is -0.481 e. The van der Waals surface area contributed by atoms with E-state index in [-0.39, 0.29) is 0 Å². The van der Waals surface area contributed by atoms with Crippen LogP contribution in [0.5, 0.6) is 0 Å². The van der Waals surface area contributed by atoms with Gasteiger partial charge in [-0.1, -0.05) is 84.0 Å². The predicted molar refractivity (Wildman–Crippen MR) is 82.2 cm³/mol. The van der Waals surface area contributed by atoms with Gasteiger partial charge in [-0.05, 0) is 12.8 Å². The van der Waals surface area contributed by atoms with Gasteiger partial charge in [-0.15, -0.1) is 0 Å². The van der Waals surface area contributed by atoms with E-state index in [1.807, 2.05) is 0 Å². The van der Waals surface area contributed by atoms with Crippen LogP contribution in [0.25, 0.3) is 0 Å². The lowest BCUT2D eigenvalue weighted by molar-refractivity contribution is -0.137. The molecule has 0 amide bonds. The molecule has 0 aliphatic carbocycles. The van der Waals surface area contributed by atoms with Gasteiger partial charge in [0.05, 0.1) is 0 Å². The molecule has 0 unspecified atom stereocenters. The maximum absolute atomic E-state index is 10.3. The third kappa shape index (κ3) is 17.5. The second-order valence-electron chi connectivity index (χ2n) is 5.55. The zero-order valence-corrected chi connectivity index (χ0v) is 12.8. The van der Waals surface area contributed by atoms with Crippen LogP contribution >= 0.6 is 0 Å². The summed E-state index contributed by atoms with van der Waals surface area (Å²) >= 11 is 0. The molecular formula is C17H33O2. The first-order chi connectivity index (χ1) is 9.27. The van der Waals surface area contributed by atoms with Gasteiger partial charge in [0.1, 0.15) is 0 Å². The summed E-state index contributed by atoms with van der Waals surface area (Å²) in [5.41, 5.74) is 0. The summed E-state index contributed by atoms with van der Waals surface area (Å²) in [6, 6.07) is 0. The van der Waals surface area contributed by atoms with E-state index in [1.165, 1.54) is 70.6 Å². The molecule has 0 aliphatic heterocycles. The summed E-state index contributed by atoms with van der Waals surface area (Å²) in [6.45, 7) is 2.26. The van der Waals surface area contributed by atoms with Crippen LogP contribution in [0.2, 0.25) is 0 Å². The first-order valence-electron chi connectivity index (χ1n) is 8.30. The third-order valence-electron chi connectivity index (χ3n) is 3.56. The molecule has 2 nitrogen and oxygen atoms in total. The Morgan fingerprint density at radius 2 is 1.26 bits per heavy atom. The predicted octanol–water partition coefficient (Wildman–Crippen LogP) is 5.76. The van der Waals surface area contributed by atoms with E-state index in [0.29, 0.717) is 6.42 Å². The average Bonchev–Trinajstić information content (AvgIpc) is 2.39. The molecule has 0 heterocycles. The Balaban J connectivity index is 2.93. The van der Waals surface area contributed by atoms with Gasteiger partial charge in [0.25, 0.3) is 0 Å². The molecule has 1 N–H and O–H groups in total. The van der Waals surface area contributed by atoms with Gasteiger partial charge in [-0.3, -0.25) is 4.79 Å². The van der Waals surface area contributed by atoms with Crippen LogP contribution in [-0.2, 0) is 4.79 Å². The smallest absolute Gasteiger partial charge is 0.303 e. The number of carboxylic acids is 1. The van der Waals surface area contributed by atoms with Crippen molar-refractivity contribution in [3.63, 3.8) is 0 Å². The van der Waals surface area contributed by atoms with Crippen molar-refractivity contribution in [1.29, 1.82) is 0 Å². The Kier molecular flexibility index (Phi) is 15.1. The zero-order chi connectivity index (χ0) is 14.2. The summed E-state index contributed by atoms with van der Waals surface area (Å²) in [4.78, 5) is 10.3. The van der Waals surface area contributed by atoms with Crippen LogP contribution in [-0.4, -0.2) is 11.1 Å². The molecule has 0 fully saturated rings. The van der Waals surface area contributed by atoms with Gasteiger partial charge >= 0.3 is 5.97 Å². The molecule has 113 valence electrons. The highest BCUT2D eigenvalue weighted by molar-refractivity contribution is 5.66. The maximum atomic E-state index is 10.3. The highest BCUT2D eigenvalue weighted by atomic mass is 16.4. The summed E-state index contributed by atoms with van der Waals surface area (Å²) < 4.78 is 0. The largest absolute Gasteiger partial charge is 0.481 e. The van der Waals surface area contributed by atoms with Gasteiger partial charge in [-0.2, -0.15) is 0 Å². The van der Waals surface area contributed by atoms with Gasteiger partial charge in [0.2, 0.25) is 0 Å². The van der Waals surface area contributed by atoms with Crippen molar-refractivity contribution in [3.05, 3.63) is 6.42 Å². The van der Waals surface area contributed by atoms with Crippen LogP contribution < -0.4 is 0 Å². The molecule has 19 heavy (non-hydrogen) atoms. The summed E-state index contributed by atoms with van der Waals surface area (Å²) in [7, 11) is 0. The molecule has 0 aliphatic rings. The number of hydrogen-bond acceptors (Lipinski definition) is 1. The first-order valence-corrected chi connectivity index (χ1v) is 8.30. The summed E-state index contributed by atoms with van der Waals surface area (Å²) in [6.07, 6.45) is 19.3. The Bertz CT molecular complexity index is 190. The molecule has 1 radical (unpaired) electrons.